The number of rotatable bonds is 2. The zero-order valence-electron chi connectivity index (χ0n) is 20.7. The molecule has 0 radical (unpaired) electrons. The Hall–Kier alpha value is -3.13. The first-order valence-corrected chi connectivity index (χ1v) is 12.0. The second kappa shape index (κ2) is 6.26. The highest BCUT2D eigenvalue weighted by molar-refractivity contribution is 6.13. The van der Waals surface area contributed by atoms with Crippen molar-refractivity contribution in [2.24, 2.45) is 0 Å². The fourth-order valence-corrected chi connectivity index (χ4v) is 6.28. The summed E-state index contributed by atoms with van der Waals surface area (Å²) in [5.41, 5.74) is 8.65. The first kappa shape index (κ1) is 20.5. The highest BCUT2D eigenvalue weighted by atomic mass is 15.1. The Labute approximate surface area is 196 Å². The van der Waals surface area contributed by atoms with Gasteiger partial charge in [0.05, 0.1) is 16.9 Å². The third-order valence-electron chi connectivity index (χ3n) is 8.83. The van der Waals surface area contributed by atoms with Crippen LogP contribution in [-0.2, 0) is 16.2 Å². The van der Waals surface area contributed by atoms with Crippen LogP contribution in [0.25, 0.3) is 27.3 Å². The maximum absolute atomic E-state index is 5.51. The Bertz CT molecular complexity index is 1590. The van der Waals surface area contributed by atoms with Crippen molar-refractivity contribution < 1.29 is 0 Å². The molecule has 0 unspecified atom stereocenters. The third-order valence-corrected chi connectivity index (χ3v) is 8.83. The van der Waals surface area contributed by atoms with E-state index in [0.717, 1.165) is 5.65 Å². The van der Waals surface area contributed by atoms with E-state index in [1.807, 2.05) is 0 Å². The summed E-state index contributed by atoms with van der Waals surface area (Å²) in [4.78, 5) is 5.51. The van der Waals surface area contributed by atoms with Crippen LogP contribution in [0.2, 0.25) is 0 Å². The van der Waals surface area contributed by atoms with E-state index in [1.165, 1.54) is 49.8 Å². The Morgan fingerprint density at radius 2 is 1.36 bits per heavy atom. The van der Waals surface area contributed by atoms with E-state index in [9.17, 15) is 0 Å². The smallest absolute Gasteiger partial charge is 0.145 e. The average molecular weight is 433 g/mol. The summed E-state index contributed by atoms with van der Waals surface area (Å²) in [6.45, 7) is 16.5. The van der Waals surface area contributed by atoms with Gasteiger partial charge in [-0.05, 0) is 29.0 Å². The van der Waals surface area contributed by atoms with Gasteiger partial charge in [-0.15, -0.1) is 0 Å². The lowest BCUT2D eigenvalue weighted by molar-refractivity contribution is 0.283. The van der Waals surface area contributed by atoms with Crippen LogP contribution in [0.3, 0.4) is 0 Å². The van der Waals surface area contributed by atoms with Gasteiger partial charge < -0.3 is 0 Å². The molecule has 0 atom stereocenters. The largest absolute Gasteiger partial charge is 0.295 e. The van der Waals surface area contributed by atoms with Crippen LogP contribution in [0, 0.1) is 6.92 Å². The van der Waals surface area contributed by atoms with Gasteiger partial charge in [0.15, 0.2) is 0 Å². The Morgan fingerprint density at radius 1 is 0.727 bits per heavy atom. The molecule has 0 fully saturated rings. The molecule has 5 aromatic rings. The summed E-state index contributed by atoms with van der Waals surface area (Å²) in [5.74, 6) is 0. The van der Waals surface area contributed by atoms with Crippen LogP contribution in [-0.4, -0.2) is 9.38 Å². The number of benzene rings is 3. The first-order valence-electron chi connectivity index (χ1n) is 12.0. The van der Waals surface area contributed by atoms with Crippen molar-refractivity contribution in [1.82, 2.24) is 9.38 Å². The average Bonchev–Trinajstić information content (AvgIpc) is 3.21. The fraction of sp³-hybridized carbons (Fsp3) is 0.323. The van der Waals surface area contributed by atoms with Crippen LogP contribution in [0.4, 0.5) is 0 Å². The number of hydrogen-bond acceptors (Lipinski definition) is 1. The van der Waals surface area contributed by atoms with Gasteiger partial charge in [-0.25, -0.2) is 4.98 Å². The van der Waals surface area contributed by atoms with Gasteiger partial charge in [0, 0.05) is 27.0 Å². The second-order valence-corrected chi connectivity index (χ2v) is 11.4. The lowest BCUT2D eigenvalue weighted by atomic mass is 9.59. The van der Waals surface area contributed by atoms with Crippen molar-refractivity contribution in [2.75, 3.05) is 0 Å². The van der Waals surface area contributed by atoms with E-state index in [4.69, 9.17) is 4.98 Å². The van der Waals surface area contributed by atoms with E-state index in [-0.39, 0.29) is 16.2 Å². The molecule has 2 nitrogen and oxygen atoms in total. The van der Waals surface area contributed by atoms with Gasteiger partial charge in [0.1, 0.15) is 5.65 Å². The lowest BCUT2D eigenvalue weighted by Gasteiger charge is -2.47. The molecule has 0 amide bonds. The summed E-state index contributed by atoms with van der Waals surface area (Å²) in [6.07, 6.45) is 0. The highest BCUT2D eigenvalue weighted by Crippen LogP contribution is 2.54. The molecule has 6 rings (SSSR count). The van der Waals surface area contributed by atoms with E-state index in [1.54, 1.807) is 0 Å². The molecule has 3 aromatic carbocycles. The molecule has 0 N–H and O–H groups in total. The summed E-state index contributed by atoms with van der Waals surface area (Å²) in [5, 5.41) is 3.83. The van der Waals surface area contributed by atoms with Gasteiger partial charge in [0.2, 0.25) is 0 Å². The second-order valence-electron chi connectivity index (χ2n) is 11.4. The minimum Gasteiger partial charge on any atom is -0.295 e. The normalized spacial score (nSPS) is 16.8. The van der Waals surface area contributed by atoms with Gasteiger partial charge in [-0.3, -0.25) is 4.40 Å². The maximum atomic E-state index is 5.51. The van der Waals surface area contributed by atoms with Crippen LogP contribution in [0.5, 0.6) is 0 Å². The SMILES string of the molecule is Cc1ccccc1C(C)(C)c1nc2c3ccccc3c3cccc4c3n2c1C(C)(C)C4(C)C. The van der Waals surface area contributed by atoms with E-state index >= 15 is 0 Å². The van der Waals surface area contributed by atoms with Crippen LogP contribution in [0.15, 0.2) is 66.7 Å². The lowest BCUT2D eigenvalue weighted by Crippen LogP contribution is -2.45. The molecule has 0 spiro atoms. The Kier molecular flexibility index (Phi) is 3.88. The number of imidazole rings is 1. The third kappa shape index (κ3) is 2.37. The number of nitrogens with zero attached hydrogens (tertiary/aromatic N) is 2. The molecule has 166 valence electrons. The summed E-state index contributed by atoms with van der Waals surface area (Å²) >= 11 is 0. The molecule has 1 aliphatic heterocycles. The molecular formula is C31H32N2. The highest BCUT2D eigenvalue weighted by Gasteiger charge is 2.49. The van der Waals surface area contributed by atoms with Crippen molar-refractivity contribution >= 4 is 27.3 Å². The monoisotopic (exact) mass is 432 g/mol. The molecule has 3 heterocycles. The molecule has 2 aromatic heterocycles. The van der Waals surface area contributed by atoms with Crippen LogP contribution in [0.1, 0.15) is 69.6 Å². The summed E-state index contributed by atoms with van der Waals surface area (Å²) in [6, 6.07) is 24.4. The number of aromatic nitrogens is 2. The molecule has 0 aliphatic carbocycles. The quantitative estimate of drug-likeness (QED) is 0.260. The zero-order valence-corrected chi connectivity index (χ0v) is 20.7. The predicted octanol–water partition coefficient (Wildman–Crippen LogP) is 7.84. The topological polar surface area (TPSA) is 17.3 Å². The number of hydrogen-bond donors (Lipinski definition) is 0. The summed E-state index contributed by atoms with van der Waals surface area (Å²) in [7, 11) is 0. The molecule has 0 saturated heterocycles. The fourth-order valence-electron chi connectivity index (χ4n) is 6.28. The number of aryl methyl sites for hydroxylation is 1. The van der Waals surface area contributed by atoms with Crippen LogP contribution >= 0.6 is 0 Å². The Morgan fingerprint density at radius 3 is 2.09 bits per heavy atom. The molecular weight excluding hydrogens is 400 g/mol. The number of para-hydroxylation sites is 1. The van der Waals surface area contributed by atoms with E-state index in [2.05, 4.69) is 120 Å². The molecule has 0 saturated carbocycles. The van der Waals surface area contributed by atoms with E-state index < -0.39 is 0 Å². The number of pyridine rings is 1. The van der Waals surface area contributed by atoms with Gasteiger partial charge in [-0.2, -0.15) is 0 Å². The molecule has 1 aliphatic rings. The maximum Gasteiger partial charge on any atom is 0.145 e. The van der Waals surface area contributed by atoms with Gasteiger partial charge in [-0.1, -0.05) is 108 Å². The first-order chi connectivity index (χ1) is 15.6. The van der Waals surface area contributed by atoms with Crippen molar-refractivity contribution in [3.05, 3.63) is 94.8 Å². The molecule has 0 bridgehead atoms. The Balaban J connectivity index is 1.89. The van der Waals surface area contributed by atoms with Crippen molar-refractivity contribution in [2.45, 2.75) is 64.7 Å². The minimum atomic E-state index is -0.222. The van der Waals surface area contributed by atoms with Crippen molar-refractivity contribution in [3.63, 3.8) is 0 Å². The standard InChI is InChI=1S/C31H32N2/c1-19-13-8-11-17-23(19)29(2,3)26-27-31(6,7)30(4,5)24-18-12-16-21-20-14-9-10-15-22(20)28(32-26)33(27)25(21)24/h8-18H,1-7H3. The molecule has 33 heavy (non-hydrogen) atoms. The zero-order chi connectivity index (χ0) is 23.3. The number of fused-ring (bicyclic) bond motifs is 3. The predicted molar refractivity (Wildman–Crippen MR) is 140 cm³/mol. The van der Waals surface area contributed by atoms with E-state index in [0.29, 0.717) is 0 Å². The van der Waals surface area contributed by atoms with Crippen molar-refractivity contribution in [1.29, 1.82) is 0 Å². The summed E-state index contributed by atoms with van der Waals surface area (Å²) < 4.78 is 2.51. The van der Waals surface area contributed by atoms with Crippen LogP contribution < -0.4 is 0 Å². The van der Waals surface area contributed by atoms with Gasteiger partial charge in [0.25, 0.3) is 0 Å². The minimum absolute atomic E-state index is 0.0471. The van der Waals surface area contributed by atoms with Gasteiger partial charge >= 0.3 is 0 Å². The van der Waals surface area contributed by atoms with Crippen molar-refractivity contribution in [3.8, 4) is 0 Å². The molecule has 2 heteroatoms.